The molecule has 8 nitrogen and oxygen atoms in total. The lowest BCUT2D eigenvalue weighted by molar-refractivity contribution is 0.415. The Kier molecular flexibility index (Phi) is 4.32. The van der Waals surface area contributed by atoms with Crippen molar-refractivity contribution in [2.75, 3.05) is 20.0 Å². The van der Waals surface area contributed by atoms with Crippen LogP contribution in [0.2, 0.25) is 0 Å². The minimum atomic E-state index is 0.518. The van der Waals surface area contributed by atoms with Gasteiger partial charge in [-0.2, -0.15) is 9.61 Å². The molecule has 6 aromatic rings. The molecule has 6 rings (SSSR count). The summed E-state index contributed by atoms with van der Waals surface area (Å²) in [6.07, 6.45) is 4.14. The Labute approximate surface area is 195 Å². The fraction of sp³-hybridized carbons (Fsp3) is 0.154. The van der Waals surface area contributed by atoms with Crippen LogP contribution in [0.25, 0.3) is 50.0 Å². The number of ether oxygens (including phenoxy) is 2. The summed E-state index contributed by atoms with van der Waals surface area (Å²) in [6, 6.07) is 15.9. The van der Waals surface area contributed by atoms with E-state index >= 15 is 0 Å². The smallest absolute Gasteiger partial charge is 0.158 e. The van der Waals surface area contributed by atoms with E-state index in [-0.39, 0.29) is 0 Å². The molecule has 0 aliphatic carbocycles. The van der Waals surface area contributed by atoms with Crippen LogP contribution >= 0.6 is 0 Å². The van der Waals surface area contributed by atoms with Gasteiger partial charge in [-0.05, 0) is 36.4 Å². The van der Waals surface area contributed by atoms with Crippen molar-refractivity contribution < 1.29 is 9.47 Å². The highest BCUT2D eigenvalue weighted by atomic mass is 16.5. The molecular formula is C26H24N6O2. The third-order valence-corrected chi connectivity index (χ3v) is 6.40. The Morgan fingerprint density at radius 3 is 1.85 bits per heavy atom. The molecule has 0 bridgehead atoms. The van der Waals surface area contributed by atoms with E-state index in [1.807, 2.05) is 62.6 Å². The molecule has 0 spiro atoms. The molecule has 0 saturated heterocycles. The number of nitrogen functional groups attached to an aromatic ring is 1. The molecule has 170 valence electrons. The number of hydrogen-bond acceptors (Lipinski definition) is 5. The van der Waals surface area contributed by atoms with Gasteiger partial charge in [0.25, 0.3) is 0 Å². The van der Waals surface area contributed by atoms with Crippen molar-refractivity contribution in [3.63, 3.8) is 0 Å². The van der Waals surface area contributed by atoms with Crippen molar-refractivity contribution in [3.8, 4) is 34.0 Å². The molecule has 2 aromatic carbocycles. The van der Waals surface area contributed by atoms with Gasteiger partial charge in [0.2, 0.25) is 0 Å². The van der Waals surface area contributed by atoms with Crippen molar-refractivity contribution in [3.05, 3.63) is 60.9 Å². The quantitative estimate of drug-likeness (QED) is 0.421. The van der Waals surface area contributed by atoms with Crippen molar-refractivity contribution >= 4 is 33.3 Å². The maximum atomic E-state index is 6.46. The maximum Gasteiger partial charge on any atom is 0.158 e. The number of anilines is 1. The van der Waals surface area contributed by atoms with Crippen molar-refractivity contribution in [1.82, 2.24) is 23.7 Å². The Hall–Kier alpha value is -4.46. The monoisotopic (exact) mass is 452 g/mol. The van der Waals surface area contributed by atoms with Crippen molar-refractivity contribution in [2.24, 2.45) is 14.1 Å². The minimum absolute atomic E-state index is 0.518. The molecule has 0 fully saturated rings. The molecule has 0 saturated carbocycles. The van der Waals surface area contributed by atoms with Gasteiger partial charge in [-0.15, -0.1) is 0 Å². The molecule has 0 amide bonds. The summed E-state index contributed by atoms with van der Waals surface area (Å²) in [7, 11) is 7.38. The summed E-state index contributed by atoms with van der Waals surface area (Å²) in [5, 5.41) is 6.90. The van der Waals surface area contributed by atoms with Crippen LogP contribution in [-0.4, -0.2) is 38.0 Å². The number of aromatic nitrogens is 5. The second-order valence-electron chi connectivity index (χ2n) is 8.44. The van der Waals surface area contributed by atoms with E-state index < -0.39 is 0 Å². The van der Waals surface area contributed by atoms with Crippen molar-refractivity contribution in [2.45, 2.75) is 0 Å². The Balaban J connectivity index is 1.54. The van der Waals surface area contributed by atoms with Gasteiger partial charge in [-0.25, -0.2) is 4.98 Å². The molecule has 0 unspecified atom stereocenters. The zero-order chi connectivity index (χ0) is 23.6. The average Bonchev–Trinajstić information content (AvgIpc) is 3.52. The van der Waals surface area contributed by atoms with E-state index in [1.54, 1.807) is 18.7 Å². The van der Waals surface area contributed by atoms with Gasteiger partial charge in [-0.3, -0.25) is 0 Å². The lowest BCUT2D eigenvalue weighted by Crippen LogP contribution is -2.01. The largest absolute Gasteiger partial charge is 0.497 e. The summed E-state index contributed by atoms with van der Waals surface area (Å²) in [6.45, 7) is 0. The molecule has 0 atom stereocenters. The molecule has 4 aromatic heterocycles. The average molecular weight is 453 g/mol. The summed E-state index contributed by atoms with van der Waals surface area (Å²) in [4.78, 5) is 4.93. The molecule has 0 radical (unpaired) electrons. The van der Waals surface area contributed by atoms with Crippen LogP contribution in [0.3, 0.4) is 0 Å². The van der Waals surface area contributed by atoms with Gasteiger partial charge < -0.3 is 24.3 Å². The molecule has 4 heterocycles. The van der Waals surface area contributed by atoms with Crippen LogP contribution in [0.1, 0.15) is 0 Å². The normalized spacial score (nSPS) is 11.6. The van der Waals surface area contributed by atoms with Crippen LogP contribution in [0.5, 0.6) is 11.5 Å². The molecule has 0 aliphatic heterocycles. The highest BCUT2D eigenvalue weighted by Crippen LogP contribution is 2.35. The topological polar surface area (TPSA) is 84.5 Å². The Bertz CT molecular complexity index is 1720. The highest BCUT2D eigenvalue weighted by molar-refractivity contribution is 5.98. The molecule has 8 heteroatoms. The van der Waals surface area contributed by atoms with E-state index in [9.17, 15) is 0 Å². The van der Waals surface area contributed by atoms with E-state index in [0.29, 0.717) is 11.5 Å². The summed E-state index contributed by atoms with van der Waals surface area (Å²) >= 11 is 0. The van der Waals surface area contributed by atoms with Crippen LogP contribution in [-0.2, 0) is 14.1 Å². The standard InChI is InChI=1S/C26H24N6O2/c1-30-13-19(17-9-15(33-3)5-7-23(17)30)21-11-25(27)32-26(28-21)12-22(29-32)20-14-31(2)24-8-6-16(34-4)10-18(20)24/h5-14H,27H2,1-4H3. The first-order valence-corrected chi connectivity index (χ1v) is 10.9. The first kappa shape index (κ1) is 20.2. The van der Waals surface area contributed by atoms with Crippen LogP contribution < -0.4 is 15.2 Å². The number of nitrogens with zero attached hydrogens (tertiary/aromatic N) is 5. The third-order valence-electron chi connectivity index (χ3n) is 6.40. The van der Waals surface area contributed by atoms with E-state index in [2.05, 4.69) is 21.5 Å². The molecule has 0 aliphatic rings. The predicted molar refractivity (Wildman–Crippen MR) is 134 cm³/mol. The van der Waals surface area contributed by atoms with Gasteiger partial charge in [0, 0.05) is 71.6 Å². The molecule has 34 heavy (non-hydrogen) atoms. The predicted octanol–water partition coefficient (Wildman–Crippen LogP) is 4.65. The van der Waals surface area contributed by atoms with Crippen LogP contribution in [0, 0.1) is 0 Å². The summed E-state index contributed by atoms with van der Waals surface area (Å²) in [5.74, 6) is 2.12. The minimum Gasteiger partial charge on any atom is -0.497 e. The number of aryl methyl sites for hydroxylation is 2. The Morgan fingerprint density at radius 1 is 0.735 bits per heavy atom. The van der Waals surface area contributed by atoms with Crippen LogP contribution in [0.4, 0.5) is 5.82 Å². The molecular weight excluding hydrogens is 428 g/mol. The highest BCUT2D eigenvalue weighted by Gasteiger charge is 2.17. The SMILES string of the molecule is COc1ccc2c(c1)c(-c1cc(N)n3nc(-c4cn(C)c5ccc(OC)cc45)cc3n1)cn2C. The van der Waals surface area contributed by atoms with Crippen molar-refractivity contribution in [1.29, 1.82) is 0 Å². The number of benzene rings is 2. The molecule has 2 N–H and O–H groups in total. The first-order valence-electron chi connectivity index (χ1n) is 10.9. The number of methoxy groups -OCH3 is 2. The van der Waals surface area contributed by atoms with E-state index in [4.69, 9.17) is 25.3 Å². The lowest BCUT2D eigenvalue weighted by atomic mass is 10.1. The maximum absolute atomic E-state index is 6.46. The van der Waals surface area contributed by atoms with Gasteiger partial charge in [0.05, 0.1) is 25.6 Å². The first-order chi connectivity index (χ1) is 16.5. The van der Waals surface area contributed by atoms with Crippen LogP contribution in [0.15, 0.2) is 60.9 Å². The number of nitrogens with two attached hydrogens (primary N) is 1. The summed E-state index contributed by atoms with van der Waals surface area (Å²) < 4.78 is 16.7. The number of fused-ring (bicyclic) bond motifs is 3. The second kappa shape index (κ2) is 7.28. The summed E-state index contributed by atoms with van der Waals surface area (Å²) in [5.41, 5.74) is 12.9. The van der Waals surface area contributed by atoms with E-state index in [0.717, 1.165) is 55.8 Å². The zero-order valence-corrected chi connectivity index (χ0v) is 19.4. The van der Waals surface area contributed by atoms with Gasteiger partial charge >= 0.3 is 0 Å². The van der Waals surface area contributed by atoms with Gasteiger partial charge in [-0.1, -0.05) is 0 Å². The third kappa shape index (κ3) is 2.92. The lowest BCUT2D eigenvalue weighted by Gasteiger charge is -2.04. The fourth-order valence-electron chi connectivity index (χ4n) is 4.67. The zero-order valence-electron chi connectivity index (χ0n) is 19.4. The van der Waals surface area contributed by atoms with E-state index in [1.165, 1.54) is 0 Å². The van der Waals surface area contributed by atoms with Gasteiger partial charge in [0.15, 0.2) is 5.65 Å². The fourth-order valence-corrected chi connectivity index (χ4v) is 4.67. The van der Waals surface area contributed by atoms with Gasteiger partial charge in [0.1, 0.15) is 17.3 Å². The Morgan fingerprint density at radius 2 is 1.29 bits per heavy atom. The second-order valence-corrected chi connectivity index (χ2v) is 8.44. The number of hydrogen-bond donors (Lipinski definition) is 1. The number of rotatable bonds is 4.